The zero-order valence-corrected chi connectivity index (χ0v) is 12.5. The Bertz CT molecular complexity index is 542. The van der Waals surface area contributed by atoms with Crippen molar-refractivity contribution in [3.8, 4) is 0 Å². The molecule has 20 heavy (non-hydrogen) atoms. The van der Waals surface area contributed by atoms with Gasteiger partial charge in [-0.1, -0.05) is 30.4 Å². The van der Waals surface area contributed by atoms with Crippen LogP contribution in [0, 0.1) is 0 Å². The molecule has 0 atom stereocenters. The van der Waals surface area contributed by atoms with Crippen LogP contribution in [0.25, 0.3) is 5.57 Å². The minimum absolute atomic E-state index is 0.807. The van der Waals surface area contributed by atoms with E-state index in [4.69, 9.17) is 5.73 Å². The number of hydrogen-bond acceptors (Lipinski definition) is 2. The molecule has 2 heteroatoms. The van der Waals surface area contributed by atoms with Gasteiger partial charge >= 0.3 is 0 Å². The molecular weight excluding hydrogens is 244 g/mol. The Morgan fingerprint density at radius 2 is 1.90 bits per heavy atom. The maximum atomic E-state index is 5.92. The molecule has 0 unspecified atom stereocenters. The van der Waals surface area contributed by atoms with E-state index in [2.05, 4.69) is 35.7 Å². The normalized spacial score (nSPS) is 14.8. The third kappa shape index (κ3) is 3.53. The van der Waals surface area contributed by atoms with Crippen LogP contribution in [0.4, 0.5) is 5.69 Å². The van der Waals surface area contributed by atoms with Gasteiger partial charge in [0.15, 0.2) is 0 Å². The van der Waals surface area contributed by atoms with Crippen molar-refractivity contribution in [1.29, 1.82) is 0 Å². The first-order valence-electron chi connectivity index (χ1n) is 7.23. The van der Waals surface area contributed by atoms with Crippen LogP contribution in [-0.4, -0.2) is 13.1 Å². The van der Waals surface area contributed by atoms with Crippen LogP contribution in [0.2, 0.25) is 0 Å². The van der Waals surface area contributed by atoms with E-state index in [1.807, 2.05) is 26.0 Å². The molecule has 1 aliphatic rings. The lowest BCUT2D eigenvalue weighted by Crippen LogP contribution is -2.17. The summed E-state index contributed by atoms with van der Waals surface area (Å²) in [5.74, 6) is 0. The van der Waals surface area contributed by atoms with E-state index >= 15 is 0 Å². The Balaban J connectivity index is 2.14. The largest absolute Gasteiger partial charge is 0.399 e. The predicted octanol–water partition coefficient (Wildman–Crippen LogP) is 4.11. The predicted molar refractivity (Wildman–Crippen MR) is 88.6 cm³/mol. The summed E-state index contributed by atoms with van der Waals surface area (Å²) in [7, 11) is 0. The number of benzene rings is 1. The average molecular weight is 268 g/mol. The lowest BCUT2D eigenvalue weighted by Gasteiger charge is -2.18. The van der Waals surface area contributed by atoms with Crippen LogP contribution in [-0.2, 0) is 0 Å². The van der Waals surface area contributed by atoms with Gasteiger partial charge in [0.05, 0.1) is 0 Å². The molecule has 2 rings (SSSR count). The average Bonchev–Trinajstić information content (AvgIpc) is 2.98. The van der Waals surface area contributed by atoms with Crippen molar-refractivity contribution in [2.24, 2.45) is 5.73 Å². The molecule has 1 heterocycles. The van der Waals surface area contributed by atoms with Gasteiger partial charge in [-0.2, -0.15) is 0 Å². The van der Waals surface area contributed by atoms with Gasteiger partial charge in [-0.05, 0) is 56.0 Å². The Kier molecular flexibility index (Phi) is 4.67. The number of nitrogens with two attached hydrogens (primary N) is 1. The molecule has 1 saturated heterocycles. The first-order chi connectivity index (χ1) is 9.58. The number of rotatable bonds is 4. The Morgan fingerprint density at radius 1 is 1.20 bits per heavy atom. The highest BCUT2D eigenvalue weighted by Crippen LogP contribution is 2.24. The van der Waals surface area contributed by atoms with Crippen molar-refractivity contribution in [3.05, 3.63) is 59.8 Å². The van der Waals surface area contributed by atoms with Gasteiger partial charge in [0.1, 0.15) is 0 Å². The van der Waals surface area contributed by atoms with Crippen molar-refractivity contribution in [3.63, 3.8) is 0 Å². The second kappa shape index (κ2) is 6.47. The Labute approximate surface area is 122 Å². The highest BCUT2D eigenvalue weighted by atomic mass is 15.1. The SMILES string of the molecule is C=C(/C=C\C(N)=C(C)C)c1cccc(N2CCCC2)c1. The molecule has 0 radical (unpaired) electrons. The van der Waals surface area contributed by atoms with Crippen LogP contribution in [0.5, 0.6) is 0 Å². The molecule has 0 aromatic heterocycles. The first-order valence-corrected chi connectivity index (χ1v) is 7.23. The molecule has 1 aromatic carbocycles. The molecule has 2 nitrogen and oxygen atoms in total. The number of nitrogens with zero attached hydrogens (tertiary/aromatic N) is 1. The third-order valence-electron chi connectivity index (χ3n) is 3.73. The lowest BCUT2D eigenvalue weighted by molar-refractivity contribution is 0.949. The van der Waals surface area contributed by atoms with E-state index in [0.29, 0.717) is 0 Å². The molecule has 0 aliphatic carbocycles. The molecule has 0 spiro atoms. The fourth-order valence-electron chi connectivity index (χ4n) is 2.33. The van der Waals surface area contributed by atoms with Crippen LogP contribution in [0.15, 0.2) is 54.3 Å². The molecule has 1 fully saturated rings. The highest BCUT2D eigenvalue weighted by Gasteiger charge is 2.12. The summed E-state index contributed by atoms with van der Waals surface area (Å²) in [6.07, 6.45) is 6.51. The summed E-state index contributed by atoms with van der Waals surface area (Å²) >= 11 is 0. The number of allylic oxidation sites excluding steroid dienone is 4. The van der Waals surface area contributed by atoms with E-state index in [0.717, 1.165) is 35.5 Å². The summed E-state index contributed by atoms with van der Waals surface area (Å²) in [5.41, 5.74) is 11.3. The molecule has 0 saturated carbocycles. The molecule has 0 bridgehead atoms. The lowest BCUT2D eigenvalue weighted by atomic mass is 10.1. The second-order valence-corrected chi connectivity index (χ2v) is 5.56. The minimum atomic E-state index is 0.807. The highest BCUT2D eigenvalue weighted by molar-refractivity contribution is 5.75. The molecule has 1 aliphatic heterocycles. The van der Waals surface area contributed by atoms with Gasteiger partial charge in [-0.25, -0.2) is 0 Å². The first kappa shape index (κ1) is 14.4. The molecular formula is C18H24N2. The van der Waals surface area contributed by atoms with Gasteiger partial charge in [0, 0.05) is 24.5 Å². The van der Waals surface area contributed by atoms with Crippen molar-refractivity contribution >= 4 is 11.3 Å². The van der Waals surface area contributed by atoms with Gasteiger partial charge in [-0.3, -0.25) is 0 Å². The van der Waals surface area contributed by atoms with Crippen LogP contribution >= 0.6 is 0 Å². The Morgan fingerprint density at radius 3 is 2.55 bits per heavy atom. The minimum Gasteiger partial charge on any atom is -0.399 e. The topological polar surface area (TPSA) is 29.3 Å². The third-order valence-corrected chi connectivity index (χ3v) is 3.73. The quantitative estimate of drug-likeness (QED) is 0.833. The summed E-state index contributed by atoms with van der Waals surface area (Å²) in [4.78, 5) is 2.44. The van der Waals surface area contributed by atoms with Crippen LogP contribution in [0.1, 0.15) is 32.3 Å². The maximum absolute atomic E-state index is 5.92. The zero-order chi connectivity index (χ0) is 14.5. The van der Waals surface area contributed by atoms with Gasteiger partial charge in [0.25, 0.3) is 0 Å². The molecule has 2 N–H and O–H groups in total. The van der Waals surface area contributed by atoms with E-state index in [-0.39, 0.29) is 0 Å². The smallest absolute Gasteiger partial charge is 0.0372 e. The number of anilines is 1. The van der Waals surface area contributed by atoms with E-state index < -0.39 is 0 Å². The maximum Gasteiger partial charge on any atom is 0.0372 e. The monoisotopic (exact) mass is 268 g/mol. The van der Waals surface area contributed by atoms with Crippen molar-refractivity contribution in [1.82, 2.24) is 0 Å². The van der Waals surface area contributed by atoms with E-state index in [1.54, 1.807) is 0 Å². The van der Waals surface area contributed by atoms with Crippen LogP contribution in [0.3, 0.4) is 0 Å². The summed E-state index contributed by atoms with van der Waals surface area (Å²) in [5, 5.41) is 0. The fraction of sp³-hybridized carbons (Fsp3) is 0.333. The standard InChI is InChI=1S/C18H24N2/c1-14(2)18(19)10-9-15(3)16-7-6-8-17(13-16)20-11-4-5-12-20/h6-10,13H,3-5,11-12,19H2,1-2H3/b10-9-. The van der Waals surface area contributed by atoms with Gasteiger partial charge in [0.2, 0.25) is 0 Å². The zero-order valence-electron chi connectivity index (χ0n) is 12.5. The summed E-state index contributed by atoms with van der Waals surface area (Å²) in [6.45, 7) is 10.5. The van der Waals surface area contributed by atoms with Crippen molar-refractivity contribution in [2.75, 3.05) is 18.0 Å². The van der Waals surface area contributed by atoms with Gasteiger partial charge in [-0.15, -0.1) is 0 Å². The van der Waals surface area contributed by atoms with Crippen LogP contribution < -0.4 is 10.6 Å². The fourth-order valence-corrected chi connectivity index (χ4v) is 2.33. The summed E-state index contributed by atoms with van der Waals surface area (Å²) in [6, 6.07) is 8.60. The van der Waals surface area contributed by atoms with Gasteiger partial charge < -0.3 is 10.6 Å². The number of hydrogen-bond donors (Lipinski definition) is 1. The Hall–Kier alpha value is -1.96. The van der Waals surface area contributed by atoms with Crippen molar-refractivity contribution < 1.29 is 0 Å². The van der Waals surface area contributed by atoms with Crippen molar-refractivity contribution in [2.45, 2.75) is 26.7 Å². The molecule has 106 valence electrons. The van der Waals surface area contributed by atoms with E-state index in [1.165, 1.54) is 18.5 Å². The molecule has 0 amide bonds. The second-order valence-electron chi connectivity index (χ2n) is 5.56. The molecule has 1 aromatic rings. The van der Waals surface area contributed by atoms with E-state index in [9.17, 15) is 0 Å². The summed E-state index contributed by atoms with van der Waals surface area (Å²) < 4.78 is 0.